The maximum atomic E-state index is 5.44. The average molecular weight is 254 g/mol. The minimum atomic E-state index is -0.230. The van der Waals surface area contributed by atoms with Crippen molar-refractivity contribution in [1.82, 2.24) is 4.98 Å². The zero-order valence-corrected chi connectivity index (χ0v) is 11.3. The summed E-state index contributed by atoms with van der Waals surface area (Å²) in [6.45, 7) is 8.31. The first-order chi connectivity index (χ1) is 8.80. The summed E-state index contributed by atoms with van der Waals surface area (Å²) < 4.78 is 16.1. The van der Waals surface area contributed by atoms with Crippen molar-refractivity contribution in [2.75, 3.05) is 31.7 Å². The summed E-state index contributed by atoms with van der Waals surface area (Å²) in [4.78, 5) is 4.17. The Morgan fingerprint density at radius 3 is 2.33 bits per heavy atom. The van der Waals surface area contributed by atoms with Gasteiger partial charge in [0.15, 0.2) is 6.29 Å². The lowest BCUT2D eigenvalue weighted by atomic mass is 10.4. The van der Waals surface area contributed by atoms with Gasteiger partial charge in [-0.2, -0.15) is 0 Å². The molecule has 0 fully saturated rings. The van der Waals surface area contributed by atoms with Crippen LogP contribution in [0.2, 0.25) is 0 Å². The molecule has 0 aliphatic heterocycles. The lowest BCUT2D eigenvalue weighted by Crippen LogP contribution is -2.26. The summed E-state index contributed by atoms with van der Waals surface area (Å²) in [5.74, 6) is 0.634. The fourth-order valence-electron chi connectivity index (χ4n) is 1.46. The first kappa shape index (κ1) is 14.7. The molecule has 1 aromatic heterocycles. The van der Waals surface area contributed by atoms with Crippen LogP contribution in [0.4, 0.5) is 5.69 Å². The van der Waals surface area contributed by atoms with E-state index in [1.807, 2.05) is 32.9 Å². The summed E-state index contributed by atoms with van der Waals surface area (Å²) in [5, 5.41) is 3.22. The second kappa shape index (κ2) is 8.72. The fraction of sp³-hybridized carbons (Fsp3) is 0.615. The van der Waals surface area contributed by atoms with Gasteiger partial charge in [0.1, 0.15) is 0 Å². The molecule has 0 unspecified atom stereocenters. The van der Waals surface area contributed by atoms with Gasteiger partial charge in [0.05, 0.1) is 25.0 Å². The quantitative estimate of drug-likeness (QED) is 0.685. The lowest BCUT2D eigenvalue weighted by molar-refractivity contribution is -0.126. The Morgan fingerprint density at radius 1 is 1.11 bits per heavy atom. The number of rotatable bonds is 9. The van der Waals surface area contributed by atoms with Crippen molar-refractivity contribution in [2.45, 2.75) is 27.1 Å². The minimum absolute atomic E-state index is 0.230. The number of nitrogens with zero attached hydrogens (tertiary/aromatic N) is 1. The maximum Gasteiger partial charge on any atom is 0.213 e. The third-order valence-corrected chi connectivity index (χ3v) is 2.21. The van der Waals surface area contributed by atoms with Gasteiger partial charge in [-0.05, 0) is 26.8 Å². The topological polar surface area (TPSA) is 52.6 Å². The Morgan fingerprint density at radius 2 is 1.83 bits per heavy atom. The maximum absolute atomic E-state index is 5.44. The van der Waals surface area contributed by atoms with E-state index in [0.717, 1.165) is 5.69 Å². The Hall–Kier alpha value is -1.33. The van der Waals surface area contributed by atoms with E-state index >= 15 is 0 Å². The summed E-state index contributed by atoms with van der Waals surface area (Å²) in [7, 11) is 0. The van der Waals surface area contributed by atoms with E-state index in [4.69, 9.17) is 14.2 Å². The molecule has 1 rings (SSSR count). The summed E-state index contributed by atoms with van der Waals surface area (Å²) >= 11 is 0. The van der Waals surface area contributed by atoms with Gasteiger partial charge in [-0.1, -0.05) is 0 Å². The number of ether oxygens (including phenoxy) is 3. The standard InChI is InChI=1S/C13H22N2O3/c1-4-16-12-8-7-11(9-15-12)14-10-13(17-5-2)18-6-3/h7-9,13-14H,4-6,10H2,1-3H3. The molecule has 1 N–H and O–H groups in total. The van der Waals surface area contributed by atoms with Gasteiger partial charge >= 0.3 is 0 Å². The van der Waals surface area contributed by atoms with Crippen molar-refractivity contribution in [3.8, 4) is 5.88 Å². The van der Waals surface area contributed by atoms with Crippen molar-refractivity contribution >= 4 is 5.69 Å². The van der Waals surface area contributed by atoms with E-state index in [-0.39, 0.29) is 6.29 Å². The second-order valence-corrected chi connectivity index (χ2v) is 3.54. The van der Waals surface area contributed by atoms with Crippen LogP contribution in [0.5, 0.6) is 5.88 Å². The summed E-state index contributed by atoms with van der Waals surface area (Å²) in [5.41, 5.74) is 0.919. The van der Waals surface area contributed by atoms with E-state index in [2.05, 4.69) is 10.3 Å². The molecule has 0 saturated heterocycles. The highest BCUT2D eigenvalue weighted by Gasteiger charge is 2.07. The highest BCUT2D eigenvalue weighted by molar-refractivity contribution is 5.41. The van der Waals surface area contributed by atoms with E-state index in [1.165, 1.54) is 0 Å². The van der Waals surface area contributed by atoms with Crippen LogP contribution >= 0.6 is 0 Å². The Kier molecular flexibility index (Phi) is 7.13. The van der Waals surface area contributed by atoms with Crippen molar-refractivity contribution in [3.63, 3.8) is 0 Å². The zero-order valence-electron chi connectivity index (χ0n) is 11.3. The molecule has 0 radical (unpaired) electrons. The van der Waals surface area contributed by atoms with Gasteiger partial charge in [-0.15, -0.1) is 0 Å². The molecule has 0 aromatic carbocycles. The number of pyridine rings is 1. The monoisotopic (exact) mass is 254 g/mol. The molecule has 18 heavy (non-hydrogen) atoms. The van der Waals surface area contributed by atoms with Gasteiger partial charge in [-0.3, -0.25) is 0 Å². The molecule has 0 aliphatic rings. The minimum Gasteiger partial charge on any atom is -0.478 e. The van der Waals surface area contributed by atoms with Crippen LogP contribution in [0, 0.1) is 0 Å². The first-order valence-electron chi connectivity index (χ1n) is 6.36. The molecule has 0 bridgehead atoms. The van der Waals surface area contributed by atoms with Crippen LogP contribution in [0.3, 0.4) is 0 Å². The van der Waals surface area contributed by atoms with Crippen molar-refractivity contribution in [2.24, 2.45) is 0 Å². The number of hydrogen-bond acceptors (Lipinski definition) is 5. The molecule has 0 saturated carbocycles. The van der Waals surface area contributed by atoms with Gasteiger partial charge in [0, 0.05) is 19.3 Å². The number of nitrogens with one attached hydrogen (secondary N) is 1. The Labute approximate surface area is 108 Å². The predicted octanol–water partition coefficient (Wildman–Crippen LogP) is 2.29. The van der Waals surface area contributed by atoms with E-state index in [0.29, 0.717) is 32.2 Å². The van der Waals surface area contributed by atoms with Gasteiger partial charge < -0.3 is 19.5 Å². The van der Waals surface area contributed by atoms with Crippen LogP contribution in [0.1, 0.15) is 20.8 Å². The smallest absolute Gasteiger partial charge is 0.213 e. The normalized spacial score (nSPS) is 10.7. The van der Waals surface area contributed by atoms with Crippen LogP contribution in [-0.4, -0.2) is 37.6 Å². The van der Waals surface area contributed by atoms with Gasteiger partial charge in [-0.25, -0.2) is 4.98 Å². The van der Waals surface area contributed by atoms with Crippen molar-refractivity contribution < 1.29 is 14.2 Å². The highest BCUT2D eigenvalue weighted by atomic mass is 16.7. The molecular weight excluding hydrogens is 232 g/mol. The van der Waals surface area contributed by atoms with E-state index in [9.17, 15) is 0 Å². The van der Waals surface area contributed by atoms with Crippen LogP contribution in [0.25, 0.3) is 0 Å². The first-order valence-corrected chi connectivity index (χ1v) is 6.36. The molecule has 0 spiro atoms. The van der Waals surface area contributed by atoms with Gasteiger partial charge in [0.25, 0.3) is 0 Å². The Balaban J connectivity index is 2.41. The second-order valence-electron chi connectivity index (χ2n) is 3.54. The highest BCUT2D eigenvalue weighted by Crippen LogP contribution is 2.11. The van der Waals surface area contributed by atoms with Crippen molar-refractivity contribution in [1.29, 1.82) is 0 Å². The zero-order chi connectivity index (χ0) is 13.2. The molecular formula is C13H22N2O3. The molecule has 0 aliphatic carbocycles. The van der Waals surface area contributed by atoms with Gasteiger partial charge in [0.2, 0.25) is 5.88 Å². The van der Waals surface area contributed by atoms with E-state index < -0.39 is 0 Å². The lowest BCUT2D eigenvalue weighted by Gasteiger charge is -2.17. The van der Waals surface area contributed by atoms with Crippen molar-refractivity contribution in [3.05, 3.63) is 18.3 Å². The summed E-state index contributed by atoms with van der Waals surface area (Å²) in [6.07, 6.45) is 1.51. The summed E-state index contributed by atoms with van der Waals surface area (Å²) in [6, 6.07) is 3.76. The Bertz CT molecular complexity index is 311. The SMILES string of the molecule is CCOc1ccc(NCC(OCC)OCC)cn1. The molecule has 1 aromatic rings. The predicted molar refractivity (Wildman–Crippen MR) is 70.9 cm³/mol. The van der Waals surface area contributed by atoms with Crippen LogP contribution < -0.4 is 10.1 Å². The van der Waals surface area contributed by atoms with Crippen LogP contribution in [-0.2, 0) is 9.47 Å². The molecule has 5 nitrogen and oxygen atoms in total. The fourth-order valence-corrected chi connectivity index (χ4v) is 1.46. The van der Waals surface area contributed by atoms with E-state index in [1.54, 1.807) is 6.20 Å². The molecule has 102 valence electrons. The average Bonchev–Trinajstić information content (AvgIpc) is 2.38. The third-order valence-electron chi connectivity index (χ3n) is 2.21. The molecule has 5 heteroatoms. The number of anilines is 1. The molecule has 0 atom stereocenters. The number of aromatic nitrogens is 1. The number of hydrogen-bond donors (Lipinski definition) is 1. The molecule has 1 heterocycles. The molecule has 0 amide bonds. The van der Waals surface area contributed by atoms with Crippen LogP contribution in [0.15, 0.2) is 18.3 Å². The largest absolute Gasteiger partial charge is 0.478 e. The third kappa shape index (κ3) is 5.33.